The monoisotopic (exact) mass is 543 g/mol. The molecular formula is C33H33N7O. The number of anilines is 2. The third-order valence-electron chi connectivity index (χ3n) is 7.43. The molecule has 5 aromatic rings. The molecule has 0 saturated carbocycles. The van der Waals surface area contributed by atoms with Gasteiger partial charge in [0.1, 0.15) is 5.82 Å². The maximum Gasteiger partial charge on any atom is 0.321 e. The maximum absolute atomic E-state index is 12.7. The number of aromatic nitrogens is 3. The van der Waals surface area contributed by atoms with Crippen molar-refractivity contribution in [2.75, 3.05) is 43.4 Å². The number of amides is 2. The van der Waals surface area contributed by atoms with Gasteiger partial charge in [0, 0.05) is 64.4 Å². The number of nitrogens with zero attached hydrogens (tertiary/aromatic N) is 6. The lowest BCUT2D eigenvalue weighted by Crippen LogP contribution is -2.46. The van der Waals surface area contributed by atoms with Crippen molar-refractivity contribution in [2.24, 2.45) is 0 Å². The van der Waals surface area contributed by atoms with Crippen molar-refractivity contribution in [3.05, 3.63) is 115 Å². The molecule has 3 heterocycles. The first kappa shape index (κ1) is 26.4. The van der Waals surface area contributed by atoms with Gasteiger partial charge in [-0.25, -0.2) is 9.78 Å². The Morgan fingerprint density at radius 1 is 0.829 bits per heavy atom. The lowest BCUT2D eigenvalue weighted by atomic mass is 10.0. The van der Waals surface area contributed by atoms with Gasteiger partial charge in [-0.2, -0.15) is 0 Å². The number of benzene rings is 3. The van der Waals surface area contributed by atoms with Crippen molar-refractivity contribution in [3.63, 3.8) is 0 Å². The zero-order valence-electron chi connectivity index (χ0n) is 23.1. The second-order valence-electron chi connectivity index (χ2n) is 10.4. The molecule has 41 heavy (non-hydrogen) atoms. The third-order valence-corrected chi connectivity index (χ3v) is 7.43. The van der Waals surface area contributed by atoms with Gasteiger partial charge in [-0.3, -0.25) is 14.9 Å². The molecule has 1 N–H and O–H groups in total. The Morgan fingerprint density at radius 2 is 1.59 bits per heavy atom. The van der Waals surface area contributed by atoms with E-state index in [2.05, 4.69) is 38.3 Å². The first-order valence-corrected chi connectivity index (χ1v) is 13.9. The number of rotatable bonds is 7. The van der Waals surface area contributed by atoms with Gasteiger partial charge in [-0.05, 0) is 52.6 Å². The average molecular weight is 544 g/mol. The Morgan fingerprint density at radius 3 is 2.34 bits per heavy atom. The summed E-state index contributed by atoms with van der Waals surface area (Å²) in [6, 6.07) is 28.0. The Hall–Kier alpha value is -4.82. The molecule has 0 bridgehead atoms. The van der Waals surface area contributed by atoms with Crippen LogP contribution in [0.4, 0.5) is 16.3 Å². The van der Waals surface area contributed by atoms with Gasteiger partial charge in [0.05, 0.1) is 17.2 Å². The SMILES string of the molecule is CN(Cc1ccccc1)C(=O)Nc1ccc(-c2ccc3ncc(N4CCN(Cc5cccnc5)CC4)nc3c2)cc1. The van der Waals surface area contributed by atoms with Crippen LogP contribution in [0.15, 0.2) is 104 Å². The molecule has 1 aliphatic heterocycles. The molecule has 6 rings (SSSR count). The molecule has 0 atom stereocenters. The van der Waals surface area contributed by atoms with Crippen LogP contribution in [0.3, 0.4) is 0 Å². The highest BCUT2D eigenvalue weighted by molar-refractivity contribution is 5.89. The lowest BCUT2D eigenvalue weighted by molar-refractivity contribution is 0.220. The number of fused-ring (bicyclic) bond motifs is 1. The van der Waals surface area contributed by atoms with Crippen molar-refractivity contribution in [1.82, 2.24) is 24.8 Å². The van der Waals surface area contributed by atoms with Crippen LogP contribution in [0, 0.1) is 0 Å². The van der Waals surface area contributed by atoms with E-state index in [1.807, 2.05) is 85.3 Å². The van der Waals surface area contributed by atoms with Crippen molar-refractivity contribution in [2.45, 2.75) is 13.1 Å². The number of carbonyl (C=O) groups excluding carboxylic acids is 1. The van der Waals surface area contributed by atoms with Crippen LogP contribution < -0.4 is 10.2 Å². The zero-order chi connectivity index (χ0) is 28.0. The highest BCUT2D eigenvalue weighted by atomic mass is 16.2. The summed E-state index contributed by atoms with van der Waals surface area (Å²) in [5.74, 6) is 0.911. The van der Waals surface area contributed by atoms with Crippen LogP contribution >= 0.6 is 0 Å². The van der Waals surface area contributed by atoms with E-state index in [0.717, 1.165) is 72.0 Å². The summed E-state index contributed by atoms with van der Waals surface area (Å²) in [4.78, 5) is 33.0. The number of carbonyl (C=O) groups is 1. The van der Waals surface area contributed by atoms with Crippen molar-refractivity contribution < 1.29 is 4.79 Å². The Kier molecular flexibility index (Phi) is 7.82. The third kappa shape index (κ3) is 6.50. The minimum Gasteiger partial charge on any atom is -0.353 e. The number of hydrogen-bond donors (Lipinski definition) is 1. The molecule has 0 aliphatic carbocycles. The summed E-state index contributed by atoms with van der Waals surface area (Å²) < 4.78 is 0. The van der Waals surface area contributed by atoms with Gasteiger partial charge in [0.15, 0.2) is 0 Å². The molecule has 0 unspecified atom stereocenters. The standard InChI is InChI=1S/C33H33N7O/c1-38(23-25-6-3-2-4-7-25)33(41)36-29-12-9-27(10-13-29)28-11-14-30-31(20-28)37-32(22-35-30)40-18-16-39(17-19-40)24-26-8-5-15-34-21-26/h2-15,20-22H,16-19,23-24H2,1H3,(H,36,41). The molecule has 206 valence electrons. The molecule has 2 aromatic heterocycles. The van der Waals surface area contributed by atoms with Gasteiger partial charge >= 0.3 is 6.03 Å². The van der Waals surface area contributed by atoms with Crippen molar-refractivity contribution in [1.29, 1.82) is 0 Å². The van der Waals surface area contributed by atoms with Crippen LogP contribution in [0.5, 0.6) is 0 Å². The van der Waals surface area contributed by atoms with Gasteiger partial charge < -0.3 is 15.1 Å². The largest absolute Gasteiger partial charge is 0.353 e. The highest BCUT2D eigenvalue weighted by Gasteiger charge is 2.19. The average Bonchev–Trinajstić information content (AvgIpc) is 3.02. The van der Waals surface area contributed by atoms with Crippen LogP contribution in [-0.4, -0.2) is 64.0 Å². The first-order chi connectivity index (χ1) is 20.1. The molecule has 3 aromatic carbocycles. The fourth-order valence-corrected chi connectivity index (χ4v) is 5.11. The molecule has 0 spiro atoms. The summed E-state index contributed by atoms with van der Waals surface area (Å²) in [5, 5.41) is 2.98. The first-order valence-electron chi connectivity index (χ1n) is 13.9. The maximum atomic E-state index is 12.7. The van der Waals surface area contributed by atoms with Crippen LogP contribution in [-0.2, 0) is 13.1 Å². The van der Waals surface area contributed by atoms with E-state index in [9.17, 15) is 4.79 Å². The predicted octanol–water partition coefficient (Wildman–Crippen LogP) is 5.68. The second kappa shape index (κ2) is 12.1. The van der Waals surface area contributed by atoms with E-state index in [1.54, 1.807) is 11.9 Å². The number of nitrogens with one attached hydrogen (secondary N) is 1. The fourth-order valence-electron chi connectivity index (χ4n) is 5.11. The molecule has 1 saturated heterocycles. The number of pyridine rings is 1. The number of hydrogen-bond acceptors (Lipinski definition) is 6. The van der Waals surface area contributed by atoms with Crippen LogP contribution in [0.2, 0.25) is 0 Å². The van der Waals surface area contributed by atoms with E-state index in [0.29, 0.717) is 6.54 Å². The van der Waals surface area contributed by atoms with Crippen molar-refractivity contribution >= 4 is 28.6 Å². The summed E-state index contributed by atoms with van der Waals surface area (Å²) in [7, 11) is 1.80. The van der Waals surface area contributed by atoms with Gasteiger partial charge in [-0.15, -0.1) is 0 Å². The predicted molar refractivity (Wildman–Crippen MR) is 164 cm³/mol. The summed E-state index contributed by atoms with van der Waals surface area (Å²) in [6.07, 6.45) is 5.63. The summed E-state index contributed by atoms with van der Waals surface area (Å²) in [5.41, 5.74) is 6.94. The Bertz CT molecular complexity index is 1600. The van der Waals surface area contributed by atoms with Crippen molar-refractivity contribution in [3.8, 4) is 11.1 Å². The molecular weight excluding hydrogens is 510 g/mol. The lowest BCUT2D eigenvalue weighted by Gasteiger charge is -2.35. The van der Waals surface area contributed by atoms with Crippen LogP contribution in [0.1, 0.15) is 11.1 Å². The highest BCUT2D eigenvalue weighted by Crippen LogP contribution is 2.26. The molecule has 1 aliphatic rings. The van der Waals surface area contributed by atoms with Gasteiger partial charge in [-0.1, -0.05) is 54.6 Å². The minimum atomic E-state index is -0.145. The normalized spacial score (nSPS) is 13.7. The van der Waals surface area contributed by atoms with E-state index in [1.165, 1.54) is 5.56 Å². The van der Waals surface area contributed by atoms with E-state index < -0.39 is 0 Å². The smallest absolute Gasteiger partial charge is 0.321 e. The van der Waals surface area contributed by atoms with E-state index in [-0.39, 0.29) is 6.03 Å². The molecule has 1 fully saturated rings. The zero-order valence-corrected chi connectivity index (χ0v) is 23.1. The quantitative estimate of drug-likeness (QED) is 0.285. The summed E-state index contributed by atoms with van der Waals surface area (Å²) >= 11 is 0. The van der Waals surface area contributed by atoms with Gasteiger partial charge in [0.25, 0.3) is 0 Å². The van der Waals surface area contributed by atoms with Crippen LogP contribution in [0.25, 0.3) is 22.2 Å². The number of urea groups is 1. The fraction of sp³-hybridized carbons (Fsp3) is 0.212. The van der Waals surface area contributed by atoms with E-state index >= 15 is 0 Å². The minimum absolute atomic E-state index is 0.145. The second-order valence-corrected chi connectivity index (χ2v) is 10.4. The molecule has 8 nitrogen and oxygen atoms in total. The topological polar surface area (TPSA) is 77.5 Å². The van der Waals surface area contributed by atoms with Gasteiger partial charge in [0.2, 0.25) is 0 Å². The Labute approximate surface area is 240 Å². The van der Waals surface area contributed by atoms with E-state index in [4.69, 9.17) is 9.97 Å². The molecule has 0 radical (unpaired) electrons. The Balaban J connectivity index is 1.09. The summed E-state index contributed by atoms with van der Waals surface area (Å²) in [6.45, 7) is 5.23. The number of piperazine rings is 1. The molecule has 2 amide bonds. The molecule has 8 heteroatoms.